The Labute approximate surface area is 244 Å². The fraction of sp³-hybridized carbons (Fsp3) is 0.531. The minimum atomic E-state index is -0.643. The van der Waals surface area contributed by atoms with Crippen molar-refractivity contribution in [3.8, 4) is 18.4 Å². The van der Waals surface area contributed by atoms with Gasteiger partial charge in [0.2, 0.25) is 0 Å². The first-order valence-corrected chi connectivity index (χ1v) is 14.2. The molecule has 2 aliphatic heterocycles. The molecule has 0 bridgehead atoms. The third-order valence-corrected chi connectivity index (χ3v) is 7.51. The lowest BCUT2D eigenvalue weighted by Crippen LogP contribution is -2.58. The number of likely N-dealkylation sites (tertiary alicyclic amines) is 1. The topological polar surface area (TPSA) is 109 Å². The largest absolute Gasteiger partial charge is 0.444 e. The molecule has 9 nitrogen and oxygen atoms in total. The molecule has 0 aliphatic carbocycles. The van der Waals surface area contributed by atoms with E-state index in [1.165, 1.54) is 4.90 Å². The van der Waals surface area contributed by atoms with E-state index in [2.05, 4.69) is 22.2 Å². The van der Waals surface area contributed by atoms with Gasteiger partial charge < -0.3 is 25.0 Å². The zero-order chi connectivity index (χ0) is 30.3. The van der Waals surface area contributed by atoms with Crippen molar-refractivity contribution < 1.29 is 19.4 Å². The first-order chi connectivity index (χ1) is 19.4. The van der Waals surface area contributed by atoms with E-state index in [1.807, 2.05) is 32.9 Å². The number of nitriles is 1. The van der Waals surface area contributed by atoms with Crippen molar-refractivity contribution in [1.82, 2.24) is 14.7 Å². The summed E-state index contributed by atoms with van der Waals surface area (Å²) in [6.45, 7) is 13.3. The van der Waals surface area contributed by atoms with Gasteiger partial charge >= 0.3 is 6.09 Å². The van der Waals surface area contributed by atoms with Crippen LogP contribution < -0.4 is 5.32 Å². The van der Waals surface area contributed by atoms with Crippen LogP contribution >= 0.6 is 0 Å². The second kappa shape index (κ2) is 13.6. The number of rotatable bonds is 6. The van der Waals surface area contributed by atoms with Gasteiger partial charge in [0.05, 0.1) is 23.9 Å². The number of anilines is 1. The summed E-state index contributed by atoms with van der Waals surface area (Å²) in [7, 11) is 0. The molecule has 1 atom stereocenters. The van der Waals surface area contributed by atoms with Crippen molar-refractivity contribution in [3.63, 3.8) is 0 Å². The molecule has 0 radical (unpaired) electrons. The summed E-state index contributed by atoms with van der Waals surface area (Å²) in [6, 6.07) is 5.84. The number of amides is 2. The summed E-state index contributed by atoms with van der Waals surface area (Å²) in [5.74, 6) is 2.44. The van der Waals surface area contributed by atoms with Crippen molar-refractivity contribution in [1.29, 1.82) is 5.26 Å². The highest BCUT2D eigenvalue weighted by molar-refractivity contribution is 5.97. The molecule has 1 aromatic carbocycles. The van der Waals surface area contributed by atoms with Crippen molar-refractivity contribution in [3.05, 3.63) is 52.2 Å². The smallest absolute Gasteiger partial charge is 0.410 e. The lowest BCUT2D eigenvalue weighted by Gasteiger charge is -2.41. The molecule has 2 saturated heterocycles. The first kappa shape index (κ1) is 31.6. The highest BCUT2D eigenvalue weighted by Gasteiger charge is 2.35. The van der Waals surface area contributed by atoms with E-state index in [-0.39, 0.29) is 31.6 Å². The Balaban J connectivity index is 1.70. The van der Waals surface area contributed by atoms with Gasteiger partial charge in [-0.2, -0.15) is 5.26 Å². The molecule has 0 saturated carbocycles. The van der Waals surface area contributed by atoms with Crippen LogP contribution in [0, 0.1) is 37.5 Å². The number of piperidine rings is 1. The predicted octanol–water partition coefficient (Wildman–Crippen LogP) is 4.22. The fourth-order valence-electron chi connectivity index (χ4n) is 5.34. The molecular weight excluding hydrogens is 518 g/mol. The summed E-state index contributed by atoms with van der Waals surface area (Å²) >= 11 is 0. The summed E-state index contributed by atoms with van der Waals surface area (Å²) < 4.78 is 5.50. The number of ether oxygens (including phenoxy) is 1. The standard InChI is InChI=1S/C32H43N5O4/c1-8-10-29(24(9-2)19-33)35-13-11-25(12-14-35)34-28-18-27(22(3)17-23(28)4)30(39)36-15-16-37(26(20-36)21-38)31(40)41-32(5,6)7/h1,9-10,17-18,25-26,34,38H,11-16,20-21H2,2-7H3/b24-9-,29-10+/t26-/m0/s1. The van der Waals surface area contributed by atoms with Crippen LogP contribution in [0.1, 0.15) is 62.0 Å². The van der Waals surface area contributed by atoms with E-state index in [0.29, 0.717) is 17.7 Å². The lowest BCUT2D eigenvalue weighted by molar-refractivity contribution is -0.00986. The van der Waals surface area contributed by atoms with Crippen LogP contribution in [0.4, 0.5) is 10.5 Å². The minimum absolute atomic E-state index is 0.123. The Bertz CT molecular complexity index is 1270. The SMILES string of the molecule is C#C/C=C(\C(C#N)=C/C)N1CCC(Nc2cc(C(=O)N3CCN(C(=O)OC(C)(C)C)[C@H](CO)C3)c(C)cc2C)CC1. The van der Waals surface area contributed by atoms with Crippen LogP contribution in [0.5, 0.6) is 0 Å². The molecule has 2 amide bonds. The van der Waals surface area contributed by atoms with Crippen molar-refractivity contribution >= 4 is 17.7 Å². The number of piperazine rings is 1. The third-order valence-electron chi connectivity index (χ3n) is 7.51. The maximum Gasteiger partial charge on any atom is 0.410 e. The Morgan fingerprint density at radius 1 is 1.15 bits per heavy atom. The van der Waals surface area contributed by atoms with Crippen molar-refractivity contribution in [2.75, 3.05) is 44.6 Å². The van der Waals surface area contributed by atoms with Crippen molar-refractivity contribution in [2.24, 2.45) is 0 Å². The molecular formula is C32H43N5O4. The number of terminal acetylenes is 1. The minimum Gasteiger partial charge on any atom is -0.444 e. The average Bonchev–Trinajstić information content (AvgIpc) is 2.93. The van der Waals surface area contributed by atoms with Crippen molar-refractivity contribution in [2.45, 2.75) is 72.1 Å². The van der Waals surface area contributed by atoms with Crippen LogP contribution in [-0.2, 0) is 4.74 Å². The van der Waals surface area contributed by atoms with Gasteiger partial charge in [-0.25, -0.2) is 4.79 Å². The highest BCUT2D eigenvalue weighted by atomic mass is 16.6. The molecule has 41 heavy (non-hydrogen) atoms. The Kier molecular flexibility index (Phi) is 10.5. The lowest BCUT2D eigenvalue weighted by atomic mass is 9.98. The average molecular weight is 562 g/mol. The quantitative estimate of drug-likeness (QED) is 0.304. The maximum atomic E-state index is 13.7. The van der Waals surface area contributed by atoms with Gasteiger partial charge in [0.25, 0.3) is 5.91 Å². The van der Waals surface area contributed by atoms with E-state index >= 15 is 0 Å². The molecule has 2 aliphatic rings. The molecule has 0 spiro atoms. The molecule has 9 heteroatoms. The van der Waals surface area contributed by atoms with Gasteiger partial charge in [0, 0.05) is 56.1 Å². The third kappa shape index (κ3) is 7.83. The highest BCUT2D eigenvalue weighted by Crippen LogP contribution is 2.27. The van der Waals surface area contributed by atoms with E-state index in [9.17, 15) is 20.0 Å². The van der Waals surface area contributed by atoms with Crippen LogP contribution in [0.3, 0.4) is 0 Å². The predicted molar refractivity (Wildman–Crippen MR) is 160 cm³/mol. The van der Waals surface area contributed by atoms with Gasteiger partial charge in [-0.1, -0.05) is 18.1 Å². The normalized spacial score (nSPS) is 19.0. The summed E-state index contributed by atoms with van der Waals surface area (Å²) in [5.41, 5.74) is 4.15. The van der Waals surface area contributed by atoms with Crippen LogP contribution in [0.2, 0.25) is 0 Å². The summed E-state index contributed by atoms with van der Waals surface area (Å²) in [5, 5.41) is 23.1. The van der Waals surface area contributed by atoms with Gasteiger partial charge in [0.1, 0.15) is 11.7 Å². The van der Waals surface area contributed by atoms with E-state index in [1.54, 1.807) is 37.8 Å². The Hall–Kier alpha value is -3.95. The number of carbonyl (C=O) groups excluding carboxylic acids is 2. The number of carbonyl (C=O) groups is 2. The maximum absolute atomic E-state index is 13.7. The number of hydrogen-bond acceptors (Lipinski definition) is 7. The van der Waals surface area contributed by atoms with Crippen LogP contribution in [-0.4, -0.2) is 88.8 Å². The number of nitrogens with one attached hydrogen (secondary N) is 1. The second-order valence-electron chi connectivity index (χ2n) is 11.7. The Morgan fingerprint density at radius 2 is 1.83 bits per heavy atom. The molecule has 0 aromatic heterocycles. The molecule has 0 unspecified atom stereocenters. The number of benzene rings is 1. The molecule has 3 rings (SSSR count). The monoisotopic (exact) mass is 561 g/mol. The van der Waals surface area contributed by atoms with E-state index < -0.39 is 17.7 Å². The molecule has 2 heterocycles. The number of aryl methyl sites for hydroxylation is 2. The molecule has 2 N–H and O–H groups in total. The number of aliphatic hydroxyl groups excluding tert-OH is 1. The molecule has 2 fully saturated rings. The summed E-state index contributed by atoms with van der Waals surface area (Å²) in [6.07, 6.45) is 10.2. The number of aliphatic hydroxyl groups is 1. The molecule has 220 valence electrons. The van der Waals surface area contributed by atoms with Gasteiger partial charge in [-0.15, -0.1) is 6.42 Å². The van der Waals surface area contributed by atoms with Gasteiger partial charge in [-0.3, -0.25) is 9.69 Å². The summed E-state index contributed by atoms with van der Waals surface area (Å²) in [4.78, 5) is 31.7. The van der Waals surface area contributed by atoms with E-state index in [4.69, 9.17) is 11.2 Å². The zero-order valence-corrected chi connectivity index (χ0v) is 25.2. The van der Waals surface area contributed by atoms with Gasteiger partial charge in [0.15, 0.2) is 0 Å². The van der Waals surface area contributed by atoms with Crippen LogP contribution in [0.15, 0.2) is 35.6 Å². The fourth-order valence-corrected chi connectivity index (χ4v) is 5.34. The number of allylic oxidation sites excluding steroid dienone is 3. The Morgan fingerprint density at radius 3 is 2.39 bits per heavy atom. The van der Waals surface area contributed by atoms with E-state index in [0.717, 1.165) is 48.4 Å². The first-order valence-electron chi connectivity index (χ1n) is 14.2. The second-order valence-corrected chi connectivity index (χ2v) is 11.7. The van der Waals surface area contributed by atoms with Gasteiger partial charge in [-0.05, 0) is 71.6 Å². The molecule has 1 aromatic rings. The number of hydrogen-bond donors (Lipinski definition) is 2. The van der Waals surface area contributed by atoms with Crippen LogP contribution in [0.25, 0.3) is 0 Å². The zero-order valence-electron chi connectivity index (χ0n) is 25.2. The number of nitrogens with zero attached hydrogens (tertiary/aromatic N) is 4.